The molecule has 1 aliphatic carbocycles. The van der Waals surface area contributed by atoms with Crippen LogP contribution in [-0.2, 0) is 16.0 Å². The van der Waals surface area contributed by atoms with E-state index in [1.807, 2.05) is 36.4 Å². The summed E-state index contributed by atoms with van der Waals surface area (Å²) in [5, 5.41) is 13.0. The van der Waals surface area contributed by atoms with E-state index in [1.165, 1.54) is 0 Å². The van der Waals surface area contributed by atoms with Crippen molar-refractivity contribution in [1.82, 2.24) is 10.1 Å². The summed E-state index contributed by atoms with van der Waals surface area (Å²) in [5.74, 6) is -1.02. The number of aliphatic carboxylic acids is 1. The average Bonchev–Trinajstić information content (AvgIpc) is 3.26. The number of aromatic nitrogens is 1. The number of carboxylic acids is 1. The lowest BCUT2D eigenvalue weighted by molar-refractivity contribution is -0.141. The first-order valence-corrected chi connectivity index (χ1v) is 8.05. The van der Waals surface area contributed by atoms with E-state index in [4.69, 9.17) is 9.63 Å². The SMILES string of the molecule is CN(CCCc1cc(-c2ccccc2)no1)C(=O)C1CC1C(=O)O. The van der Waals surface area contributed by atoms with Gasteiger partial charge in [0.2, 0.25) is 5.91 Å². The van der Waals surface area contributed by atoms with Crippen LogP contribution in [0.1, 0.15) is 18.6 Å². The summed E-state index contributed by atoms with van der Waals surface area (Å²) >= 11 is 0. The van der Waals surface area contributed by atoms with E-state index < -0.39 is 11.9 Å². The number of benzene rings is 1. The molecule has 6 heteroatoms. The van der Waals surface area contributed by atoms with Gasteiger partial charge in [0.15, 0.2) is 0 Å². The molecule has 0 bridgehead atoms. The van der Waals surface area contributed by atoms with Gasteiger partial charge in [-0.3, -0.25) is 9.59 Å². The topological polar surface area (TPSA) is 83.6 Å². The van der Waals surface area contributed by atoms with Crippen LogP contribution < -0.4 is 0 Å². The van der Waals surface area contributed by atoms with Crippen molar-refractivity contribution in [2.45, 2.75) is 19.3 Å². The molecule has 2 atom stereocenters. The van der Waals surface area contributed by atoms with Crippen LogP contribution in [0.3, 0.4) is 0 Å². The molecule has 24 heavy (non-hydrogen) atoms. The van der Waals surface area contributed by atoms with E-state index in [2.05, 4.69) is 5.16 Å². The Morgan fingerprint density at radius 2 is 2.04 bits per heavy atom. The zero-order valence-electron chi connectivity index (χ0n) is 13.5. The number of aryl methyl sites for hydroxylation is 1. The van der Waals surface area contributed by atoms with Crippen LogP contribution in [0.25, 0.3) is 11.3 Å². The number of hydrogen-bond donors (Lipinski definition) is 1. The predicted molar refractivity (Wildman–Crippen MR) is 87.1 cm³/mol. The lowest BCUT2D eigenvalue weighted by Crippen LogP contribution is -2.30. The van der Waals surface area contributed by atoms with Crippen LogP contribution in [0.5, 0.6) is 0 Å². The Balaban J connectivity index is 1.46. The standard InChI is InChI=1S/C18H20N2O4/c1-20(17(21)14-11-15(14)18(22)23)9-5-8-13-10-16(19-24-13)12-6-3-2-4-7-12/h2-4,6-7,10,14-15H,5,8-9,11H2,1H3,(H,22,23). The van der Waals surface area contributed by atoms with E-state index in [-0.39, 0.29) is 11.8 Å². The van der Waals surface area contributed by atoms with Gasteiger partial charge in [-0.15, -0.1) is 0 Å². The minimum Gasteiger partial charge on any atom is -0.481 e. The summed E-state index contributed by atoms with van der Waals surface area (Å²) in [6.07, 6.45) is 1.89. The highest BCUT2D eigenvalue weighted by Gasteiger charge is 2.49. The maximum absolute atomic E-state index is 12.1. The first-order valence-electron chi connectivity index (χ1n) is 8.05. The molecular formula is C18H20N2O4. The molecule has 0 saturated heterocycles. The van der Waals surface area contributed by atoms with Crippen molar-refractivity contribution >= 4 is 11.9 Å². The van der Waals surface area contributed by atoms with Crippen LogP contribution in [-0.4, -0.2) is 40.6 Å². The van der Waals surface area contributed by atoms with Gasteiger partial charge >= 0.3 is 5.97 Å². The first kappa shape index (κ1) is 16.2. The van der Waals surface area contributed by atoms with Crippen LogP contribution in [0.4, 0.5) is 0 Å². The third-order valence-corrected chi connectivity index (χ3v) is 4.35. The Hall–Kier alpha value is -2.63. The number of carbonyl (C=O) groups excluding carboxylic acids is 1. The van der Waals surface area contributed by atoms with Crippen LogP contribution >= 0.6 is 0 Å². The van der Waals surface area contributed by atoms with Gasteiger partial charge in [-0.05, 0) is 12.8 Å². The summed E-state index contributed by atoms with van der Waals surface area (Å²) in [4.78, 5) is 24.5. The fraction of sp³-hybridized carbons (Fsp3) is 0.389. The largest absolute Gasteiger partial charge is 0.481 e. The van der Waals surface area contributed by atoms with E-state index in [0.717, 1.165) is 23.4 Å². The smallest absolute Gasteiger partial charge is 0.307 e. The number of rotatable bonds is 7. The molecule has 1 aromatic carbocycles. The van der Waals surface area contributed by atoms with Crippen LogP contribution in [0.15, 0.2) is 40.9 Å². The molecule has 1 saturated carbocycles. The van der Waals surface area contributed by atoms with Gasteiger partial charge in [0, 0.05) is 31.6 Å². The maximum Gasteiger partial charge on any atom is 0.307 e. The molecule has 2 aromatic rings. The molecular weight excluding hydrogens is 308 g/mol. The monoisotopic (exact) mass is 328 g/mol. The van der Waals surface area contributed by atoms with E-state index in [9.17, 15) is 9.59 Å². The fourth-order valence-electron chi connectivity index (χ4n) is 2.80. The molecule has 1 N–H and O–H groups in total. The Morgan fingerprint density at radius 1 is 1.29 bits per heavy atom. The quantitative estimate of drug-likeness (QED) is 0.844. The number of nitrogens with zero attached hydrogens (tertiary/aromatic N) is 2. The van der Waals surface area contributed by atoms with E-state index in [1.54, 1.807) is 11.9 Å². The van der Waals surface area contributed by atoms with Crippen molar-refractivity contribution in [3.63, 3.8) is 0 Å². The molecule has 3 rings (SSSR count). The second-order valence-corrected chi connectivity index (χ2v) is 6.19. The van der Waals surface area contributed by atoms with Crippen molar-refractivity contribution in [2.75, 3.05) is 13.6 Å². The molecule has 0 spiro atoms. The highest BCUT2D eigenvalue weighted by atomic mass is 16.5. The lowest BCUT2D eigenvalue weighted by Gasteiger charge is -2.16. The second kappa shape index (κ2) is 6.86. The highest BCUT2D eigenvalue weighted by molar-refractivity contribution is 5.89. The number of carbonyl (C=O) groups is 2. The van der Waals surface area contributed by atoms with Gasteiger partial charge in [-0.25, -0.2) is 0 Å². The Bertz CT molecular complexity index is 726. The maximum atomic E-state index is 12.1. The van der Waals surface area contributed by atoms with E-state index in [0.29, 0.717) is 19.4 Å². The molecule has 1 heterocycles. The zero-order valence-corrected chi connectivity index (χ0v) is 13.5. The van der Waals surface area contributed by atoms with Gasteiger partial charge in [0.1, 0.15) is 11.5 Å². The number of amides is 1. The third-order valence-electron chi connectivity index (χ3n) is 4.35. The van der Waals surface area contributed by atoms with Crippen molar-refractivity contribution in [3.8, 4) is 11.3 Å². The molecule has 1 aliphatic rings. The van der Waals surface area contributed by atoms with Gasteiger partial charge in [-0.1, -0.05) is 35.5 Å². The molecule has 126 valence electrons. The average molecular weight is 328 g/mol. The highest BCUT2D eigenvalue weighted by Crippen LogP contribution is 2.39. The third kappa shape index (κ3) is 3.64. The van der Waals surface area contributed by atoms with Crippen LogP contribution in [0, 0.1) is 11.8 Å². The Labute approximate surface area is 140 Å². The predicted octanol–water partition coefficient (Wildman–Crippen LogP) is 2.45. The molecule has 0 aliphatic heterocycles. The minimum atomic E-state index is -0.878. The summed E-state index contributed by atoms with van der Waals surface area (Å²) in [6, 6.07) is 11.7. The second-order valence-electron chi connectivity index (χ2n) is 6.19. The first-order chi connectivity index (χ1) is 11.6. The number of hydrogen-bond acceptors (Lipinski definition) is 4. The van der Waals surface area contributed by atoms with Crippen molar-refractivity contribution in [1.29, 1.82) is 0 Å². The lowest BCUT2D eigenvalue weighted by atomic mass is 10.1. The molecule has 0 radical (unpaired) electrons. The summed E-state index contributed by atoms with van der Waals surface area (Å²) in [5.41, 5.74) is 1.81. The summed E-state index contributed by atoms with van der Waals surface area (Å²) in [6.45, 7) is 0.572. The minimum absolute atomic E-state index is 0.0788. The molecule has 1 amide bonds. The van der Waals surface area contributed by atoms with Gasteiger partial charge in [0.25, 0.3) is 0 Å². The van der Waals surface area contributed by atoms with Crippen molar-refractivity contribution in [3.05, 3.63) is 42.2 Å². The Kier molecular flexibility index (Phi) is 4.64. The molecule has 6 nitrogen and oxygen atoms in total. The zero-order chi connectivity index (χ0) is 17.1. The molecule has 1 aromatic heterocycles. The van der Waals surface area contributed by atoms with E-state index >= 15 is 0 Å². The Morgan fingerprint density at radius 3 is 2.71 bits per heavy atom. The fourth-order valence-corrected chi connectivity index (χ4v) is 2.80. The van der Waals surface area contributed by atoms with Crippen molar-refractivity contribution < 1.29 is 19.2 Å². The molecule has 1 fully saturated rings. The van der Waals surface area contributed by atoms with Gasteiger partial charge < -0.3 is 14.5 Å². The van der Waals surface area contributed by atoms with Crippen LogP contribution in [0.2, 0.25) is 0 Å². The van der Waals surface area contributed by atoms with Gasteiger partial charge in [-0.2, -0.15) is 0 Å². The van der Waals surface area contributed by atoms with Gasteiger partial charge in [0.05, 0.1) is 11.8 Å². The summed E-state index contributed by atoms with van der Waals surface area (Å²) in [7, 11) is 1.72. The van der Waals surface area contributed by atoms with Crippen molar-refractivity contribution in [2.24, 2.45) is 11.8 Å². The normalized spacial score (nSPS) is 19.0. The number of carboxylic acid groups (broad SMARTS) is 1. The molecule has 2 unspecified atom stereocenters. The summed E-state index contributed by atoms with van der Waals surface area (Å²) < 4.78 is 5.34.